The number of hydrogen-bond acceptors (Lipinski definition) is 7. The van der Waals surface area contributed by atoms with E-state index >= 15 is 0 Å². The van der Waals surface area contributed by atoms with Gasteiger partial charge in [-0.3, -0.25) is 24.0 Å². The molecule has 2 amide bonds. The van der Waals surface area contributed by atoms with Crippen LogP contribution in [0.25, 0.3) is 0 Å². The van der Waals surface area contributed by atoms with Crippen LogP contribution in [-0.4, -0.2) is 56.8 Å². The van der Waals surface area contributed by atoms with E-state index in [0.29, 0.717) is 0 Å². The number of amides is 2. The van der Waals surface area contributed by atoms with Gasteiger partial charge < -0.3 is 15.0 Å². The average molecular weight is 617 g/mol. The molecule has 0 unspecified atom stereocenters. The number of likely N-dealkylation sites (N-methyl/N-ethyl adjacent to an activating group) is 1. The summed E-state index contributed by atoms with van der Waals surface area (Å²) in [6.45, 7) is 4.39. The predicted molar refractivity (Wildman–Crippen MR) is 160 cm³/mol. The zero-order valence-corrected chi connectivity index (χ0v) is 25.5. The number of ether oxygens (including phenoxy) is 1. The summed E-state index contributed by atoms with van der Waals surface area (Å²) in [4.78, 5) is 38.9. The van der Waals surface area contributed by atoms with Crippen LogP contribution in [0.1, 0.15) is 30.0 Å². The maximum Gasteiger partial charge on any atom is 0.273 e. The number of carbonyl (C=O) groups excluding carboxylic acids is 2. The van der Waals surface area contributed by atoms with Gasteiger partial charge in [-0.15, -0.1) is 0 Å². The Morgan fingerprint density at radius 3 is 2.36 bits per heavy atom. The lowest BCUT2D eigenvalue weighted by Gasteiger charge is -2.33. The van der Waals surface area contributed by atoms with Crippen LogP contribution in [0.15, 0.2) is 65.6 Å². The molecule has 224 valence electrons. The van der Waals surface area contributed by atoms with E-state index < -0.39 is 49.9 Å². The Kier molecular flexibility index (Phi) is 10.5. The van der Waals surface area contributed by atoms with Crippen molar-refractivity contribution in [3.05, 3.63) is 92.5 Å². The number of aryl methyl sites for hydroxylation is 2. The molecule has 0 saturated heterocycles. The number of carbonyl (C=O) groups is 2. The molecule has 11 nitrogen and oxygen atoms in total. The number of nitro groups is 1. The van der Waals surface area contributed by atoms with Gasteiger partial charge in [0, 0.05) is 30.2 Å². The smallest absolute Gasteiger partial charge is 0.273 e. The van der Waals surface area contributed by atoms with E-state index in [-0.39, 0.29) is 35.0 Å². The van der Waals surface area contributed by atoms with Gasteiger partial charge in [0.25, 0.3) is 15.7 Å². The Bertz CT molecular complexity index is 1600. The lowest BCUT2D eigenvalue weighted by Crippen LogP contribution is -2.51. The van der Waals surface area contributed by atoms with Crippen LogP contribution >= 0.6 is 11.6 Å². The lowest BCUT2D eigenvalue weighted by atomic mass is 10.1. The zero-order chi connectivity index (χ0) is 31.2. The van der Waals surface area contributed by atoms with Gasteiger partial charge in [-0.05, 0) is 55.7 Å². The maximum absolute atomic E-state index is 14.2. The maximum atomic E-state index is 14.2. The molecule has 0 aliphatic rings. The summed E-state index contributed by atoms with van der Waals surface area (Å²) >= 11 is 6.24. The van der Waals surface area contributed by atoms with E-state index in [1.54, 1.807) is 6.92 Å². The summed E-state index contributed by atoms with van der Waals surface area (Å²) < 4.78 is 34.5. The molecule has 1 atom stereocenters. The largest absolute Gasteiger partial charge is 0.495 e. The van der Waals surface area contributed by atoms with Crippen LogP contribution in [0.4, 0.5) is 11.4 Å². The number of halogens is 1. The van der Waals surface area contributed by atoms with Crippen molar-refractivity contribution in [2.75, 3.05) is 25.0 Å². The minimum atomic E-state index is -4.60. The second-order valence-electron chi connectivity index (χ2n) is 9.52. The number of benzene rings is 3. The molecule has 0 spiro atoms. The normalized spacial score (nSPS) is 11.9. The summed E-state index contributed by atoms with van der Waals surface area (Å²) in [5.41, 5.74) is 1.48. The van der Waals surface area contributed by atoms with E-state index in [4.69, 9.17) is 16.3 Å². The number of hydrogen-bond donors (Lipinski definition) is 1. The van der Waals surface area contributed by atoms with Crippen LogP contribution in [0.2, 0.25) is 5.02 Å². The summed E-state index contributed by atoms with van der Waals surface area (Å²) in [5.74, 6) is -0.995. The van der Waals surface area contributed by atoms with Crippen LogP contribution < -0.4 is 14.4 Å². The highest BCUT2D eigenvalue weighted by atomic mass is 35.5. The zero-order valence-electron chi connectivity index (χ0n) is 24.0. The molecule has 3 rings (SSSR count). The van der Waals surface area contributed by atoms with Crippen molar-refractivity contribution in [2.45, 2.75) is 44.7 Å². The summed E-state index contributed by atoms with van der Waals surface area (Å²) in [6.07, 6.45) is 0.259. The summed E-state index contributed by atoms with van der Waals surface area (Å²) in [5, 5.41) is 14.4. The van der Waals surface area contributed by atoms with Crippen LogP contribution in [-0.2, 0) is 26.2 Å². The van der Waals surface area contributed by atoms with Gasteiger partial charge in [0.05, 0.1) is 22.6 Å². The summed E-state index contributed by atoms with van der Waals surface area (Å²) in [7, 11) is -1.81. The van der Waals surface area contributed by atoms with Crippen molar-refractivity contribution >= 4 is 44.8 Å². The molecule has 0 aliphatic heterocycles. The third kappa shape index (κ3) is 7.00. The molecule has 0 radical (unpaired) electrons. The minimum Gasteiger partial charge on any atom is -0.495 e. The highest BCUT2D eigenvalue weighted by molar-refractivity contribution is 7.92. The van der Waals surface area contributed by atoms with Crippen LogP contribution in [0.5, 0.6) is 5.75 Å². The molecule has 0 bridgehead atoms. The predicted octanol–water partition coefficient (Wildman–Crippen LogP) is 4.62. The lowest BCUT2D eigenvalue weighted by molar-refractivity contribution is -0.385. The first-order valence-corrected chi connectivity index (χ1v) is 14.8. The first-order chi connectivity index (χ1) is 19.8. The molecule has 13 heteroatoms. The number of anilines is 1. The molecule has 1 N–H and O–H groups in total. The molecular formula is C29H33ClN4O7S. The van der Waals surface area contributed by atoms with E-state index in [1.807, 2.05) is 31.2 Å². The number of nitro benzene ring substituents is 1. The fraction of sp³-hybridized carbons (Fsp3) is 0.310. The Morgan fingerprint density at radius 1 is 1.07 bits per heavy atom. The average Bonchev–Trinajstić information content (AvgIpc) is 2.96. The molecule has 0 fully saturated rings. The van der Waals surface area contributed by atoms with Crippen molar-refractivity contribution in [1.29, 1.82) is 0 Å². The Morgan fingerprint density at radius 2 is 1.76 bits per heavy atom. The minimum absolute atomic E-state index is 0.0357. The number of methoxy groups -OCH3 is 1. The molecule has 0 heterocycles. The van der Waals surface area contributed by atoms with Crippen molar-refractivity contribution < 1.29 is 27.7 Å². The van der Waals surface area contributed by atoms with E-state index in [2.05, 4.69) is 5.32 Å². The fourth-order valence-corrected chi connectivity index (χ4v) is 6.11. The quantitative estimate of drug-likeness (QED) is 0.231. The van der Waals surface area contributed by atoms with Gasteiger partial charge in [0.15, 0.2) is 0 Å². The van der Waals surface area contributed by atoms with Gasteiger partial charge in [-0.25, -0.2) is 8.42 Å². The van der Waals surface area contributed by atoms with Gasteiger partial charge in [-0.1, -0.05) is 48.9 Å². The van der Waals surface area contributed by atoms with Gasteiger partial charge >= 0.3 is 0 Å². The Balaban J connectivity index is 2.20. The molecule has 0 aromatic heterocycles. The van der Waals surface area contributed by atoms with Gasteiger partial charge in [0.2, 0.25) is 11.8 Å². The Hall–Kier alpha value is -4.16. The second-order valence-corrected chi connectivity index (χ2v) is 11.8. The first kappa shape index (κ1) is 32.4. The molecule has 0 aliphatic carbocycles. The summed E-state index contributed by atoms with van der Waals surface area (Å²) in [6, 6.07) is 14.2. The monoisotopic (exact) mass is 616 g/mol. The Labute approximate surface area is 250 Å². The third-order valence-corrected chi connectivity index (χ3v) is 8.88. The van der Waals surface area contributed by atoms with Crippen molar-refractivity contribution in [2.24, 2.45) is 0 Å². The fourth-order valence-electron chi connectivity index (χ4n) is 4.50. The standard InChI is InChI=1S/C29H33ClN4O7S/c1-6-24(29(36)31-4)32(17-21-10-8-7-9-19(21)2)28(35)18-33(26-15-22(30)12-14-27(26)41-5)42(39,40)23-13-11-20(3)25(16-23)34(37)38/h7-16,24H,6,17-18H2,1-5H3,(H,31,36)/t24-/m1/s1. The molecular weight excluding hydrogens is 584 g/mol. The van der Waals surface area contributed by atoms with Gasteiger partial charge in [-0.2, -0.15) is 0 Å². The molecule has 3 aromatic rings. The number of nitrogens with one attached hydrogen (secondary N) is 1. The second kappa shape index (κ2) is 13.7. The van der Waals surface area contributed by atoms with Crippen LogP contribution in [0, 0.1) is 24.0 Å². The number of rotatable bonds is 12. The van der Waals surface area contributed by atoms with Crippen LogP contribution in [0.3, 0.4) is 0 Å². The molecule has 3 aromatic carbocycles. The third-order valence-electron chi connectivity index (χ3n) is 6.89. The van der Waals surface area contributed by atoms with Gasteiger partial charge in [0.1, 0.15) is 18.3 Å². The highest BCUT2D eigenvalue weighted by Gasteiger charge is 2.35. The topological polar surface area (TPSA) is 139 Å². The highest BCUT2D eigenvalue weighted by Crippen LogP contribution is 2.36. The molecule has 42 heavy (non-hydrogen) atoms. The molecule has 0 saturated carbocycles. The van der Waals surface area contributed by atoms with E-state index in [1.165, 1.54) is 56.3 Å². The SMILES string of the molecule is CC[C@H](C(=O)NC)N(Cc1ccccc1C)C(=O)CN(c1cc(Cl)ccc1OC)S(=O)(=O)c1ccc(C)c([N+](=O)[O-])c1. The first-order valence-electron chi connectivity index (χ1n) is 13.0. The number of nitrogens with zero attached hydrogens (tertiary/aromatic N) is 3. The van der Waals surface area contributed by atoms with E-state index in [9.17, 15) is 28.1 Å². The number of sulfonamides is 1. The van der Waals surface area contributed by atoms with E-state index in [0.717, 1.165) is 21.5 Å². The van der Waals surface area contributed by atoms with Crippen molar-refractivity contribution in [3.63, 3.8) is 0 Å². The van der Waals surface area contributed by atoms with Crippen molar-refractivity contribution in [3.8, 4) is 5.75 Å². The van der Waals surface area contributed by atoms with Crippen molar-refractivity contribution in [1.82, 2.24) is 10.2 Å².